The van der Waals surface area contributed by atoms with E-state index in [-0.39, 0.29) is 11.5 Å². The summed E-state index contributed by atoms with van der Waals surface area (Å²) >= 11 is 0. The smallest absolute Gasteiger partial charge is 0.161 e. The van der Waals surface area contributed by atoms with E-state index < -0.39 is 0 Å². The SMILES string of the molecule is C=Cc1ccc(O)c(OC)c1.C=Cc1ccc(OC)c(O)c1. The number of phenols is 2. The topological polar surface area (TPSA) is 58.9 Å². The van der Waals surface area contributed by atoms with Crippen LogP contribution in [0.4, 0.5) is 0 Å². The Morgan fingerprint density at radius 2 is 1.32 bits per heavy atom. The monoisotopic (exact) mass is 300 g/mol. The summed E-state index contributed by atoms with van der Waals surface area (Å²) in [6, 6.07) is 10.2. The van der Waals surface area contributed by atoms with Crippen LogP contribution in [0.5, 0.6) is 23.0 Å². The molecule has 2 rings (SSSR count). The van der Waals surface area contributed by atoms with Gasteiger partial charge in [0.15, 0.2) is 23.0 Å². The van der Waals surface area contributed by atoms with Crippen molar-refractivity contribution in [1.82, 2.24) is 0 Å². The van der Waals surface area contributed by atoms with Crippen LogP contribution < -0.4 is 9.47 Å². The van der Waals surface area contributed by atoms with Gasteiger partial charge in [0.25, 0.3) is 0 Å². The van der Waals surface area contributed by atoms with Gasteiger partial charge in [-0.25, -0.2) is 0 Å². The van der Waals surface area contributed by atoms with Crippen molar-refractivity contribution < 1.29 is 19.7 Å². The Morgan fingerprint density at radius 3 is 1.82 bits per heavy atom. The van der Waals surface area contributed by atoms with Crippen LogP contribution in [0.25, 0.3) is 12.2 Å². The second-order valence-corrected chi connectivity index (χ2v) is 4.27. The number of hydrogen-bond acceptors (Lipinski definition) is 4. The third kappa shape index (κ3) is 4.59. The van der Waals surface area contributed by atoms with E-state index in [1.807, 2.05) is 6.07 Å². The maximum atomic E-state index is 9.25. The first-order valence-corrected chi connectivity index (χ1v) is 6.54. The highest BCUT2D eigenvalue weighted by atomic mass is 16.5. The minimum absolute atomic E-state index is 0.143. The largest absolute Gasteiger partial charge is 0.504 e. The minimum atomic E-state index is 0.143. The minimum Gasteiger partial charge on any atom is -0.504 e. The average molecular weight is 300 g/mol. The van der Waals surface area contributed by atoms with E-state index in [0.717, 1.165) is 11.1 Å². The van der Waals surface area contributed by atoms with E-state index >= 15 is 0 Å². The fraction of sp³-hybridized carbons (Fsp3) is 0.111. The fourth-order valence-electron chi connectivity index (χ4n) is 1.66. The molecule has 2 aromatic carbocycles. The molecule has 4 nitrogen and oxygen atoms in total. The van der Waals surface area contributed by atoms with Crippen molar-refractivity contribution in [2.24, 2.45) is 0 Å². The summed E-state index contributed by atoms with van der Waals surface area (Å²) in [5, 5.41) is 18.4. The number of phenolic OH excluding ortho intramolecular Hbond substituents is 2. The molecule has 2 N–H and O–H groups in total. The molecule has 0 aliphatic rings. The van der Waals surface area contributed by atoms with Gasteiger partial charge in [-0.2, -0.15) is 0 Å². The van der Waals surface area contributed by atoms with Crippen LogP contribution >= 0.6 is 0 Å². The Hall–Kier alpha value is -2.88. The third-order valence-corrected chi connectivity index (χ3v) is 2.88. The quantitative estimate of drug-likeness (QED) is 0.893. The molecule has 2 aromatic rings. The van der Waals surface area contributed by atoms with Crippen molar-refractivity contribution in [1.29, 1.82) is 0 Å². The van der Waals surface area contributed by atoms with Gasteiger partial charge in [-0.05, 0) is 35.4 Å². The molecule has 0 aromatic heterocycles. The highest BCUT2D eigenvalue weighted by Gasteiger charge is 1.99. The Balaban J connectivity index is 0.000000220. The van der Waals surface area contributed by atoms with E-state index in [2.05, 4.69) is 13.2 Å². The zero-order valence-corrected chi connectivity index (χ0v) is 12.7. The zero-order chi connectivity index (χ0) is 16.5. The van der Waals surface area contributed by atoms with Gasteiger partial charge in [0.1, 0.15) is 0 Å². The van der Waals surface area contributed by atoms with Crippen molar-refractivity contribution in [2.75, 3.05) is 14.2 Å². The first-order valence-electron chi connectivity index (χ1n) is 6.54. The highest BCUT2D eigenvalue weighted by Crippen LogP contribution is 2.27. The summed E-state index contributed by atoms with van der Waals surface area (Å²) in [6.45, 7) is 7.17. The van der Waals surface area contributed by atoms with Crippen molar-refractivity contribution in [3.63, 3.8) is 0 Å². The number of aromatic hydroxyl groups is 2. The summed E-state index contributed by atoms with van der Waals surface area (Å²) < 4.78 is 9.75. The zero-order valence-electron chi connectivity index (χ0n) is 12.7. The van der Waals surface area contributed by atoms with Gasteiger partial charge in [-0.3, -0.25) is 0 Å². The van der Waals surface area contributed by atoms with Crippen LogP contribution in [0.3, 0.4) is 0 Å². The summed E-state index contributed by atoms with van der Waals surface area (Å²) in [5.41, 5.74) is 1.81. The lowest BCUT2D eigenvalue weighted by atomic mass is 10.2. The van der Waals surface area contributed by atoms with Gasteiger partial charge in [0.05, 0.1) is 14.2 Å². The number of rotatable bonds is 4. The summed E-state index contributed by atoms with van der Waals surface area (Å²) in [7, 11) is 3.03. The molecular weight excluding hydrogens is 280 g/mol. The first kappa shape index (κ1) is 17.2. The first-order chi connectivity index (χ1) is 10.5. The second kappa shape index (κ2) is 8.42. The maximum absolute atomic E-state index is 9.25. The van der Waals surface area contributed by atoms with Crippen molar-refractivity contribution in [3.05, 3.63) is 60.7 Å². The molecule has 0 amide bonds. The van der Waals surface area contributed by atoms with Crippen molar-refractivity contribution >= 4 is 12.2 Å². The van der Waals surface area contributed by atoms with Gasteiger partial charge in [-0.15, -0.1) is 0 Å². The molecule has 0 spiro atoms. The van der Waals surface area contributed by atoms with E-state index in [4.69, 9.17) is 9.47 Å². The van der Waals surface area contributed by atoms with Crippen molar-refractivity contribution in [2.45, 2.75) is 0 Å². The van der Waals surface area contributed by atoms with Crippen LogP contribution in [-0.2, 0) is 0 Å². The molecule has 0 aliphatic carbocycles. The van der Waals surface area contributed by atoms with Gasteiger partial charge < -0.3 is 19.7 Å². The number of benzene rings is 2. The Morgan fingerprint density at radius 1 is 0.773 bits per heavy atom. The third-order valence-electron chi connectivity index (χ3n) is 2.88. The van der Waals surface area contributed by atoms with Crippen molar-refractivity contribution in [3.8, 4) is 23.0 Å². The molecule has 0 aliphatic heterocycles. The normalized spacial score (nSPS) is 9.18. The second-order valence-electron chi connectivity index (χ2n) is 4.27. The molecule has 0 saturated carbocycles. The van der Waals surface area contributed by atoms with Gasteiger partial charge in [0.2, 0.25) is 0 Å². The molecule has 0 bridgehead atoms. The highest BCUT2D eigenvalue weighted by molar-refractivity contribution is 5.54. The maximum Gasteiger partial charge on any atom is 0.161 e. The lowest BCUT2D eigenvalue weighted by Crippen LogP contribution is -1.83. The average Bonchev–Trinajstić information content (AvgIpc) is 2.55. The van der Waals surface area contributed by atoms with Crippen LogP contribution in [0.1, 0.15) is 11.1 Å². The fourth-order valence-corrected chi connectivity index (χ4v) is 1.66. The molecule has 4 heteroatoms. The predicted octanol–water partition coefficient (Wildman–Crippen LogP) is 4.09. The van der Waals surface area contributed by atoms with E-state index in [1.54, 1.807) is 42.5 Å². The standard InChI is InChI=1S/2C9H10O2/c1-3-7-4-5-9(11-2)8(10)6-7;1-3-7-4-5-8(10)9(6-7)11-2/h2*3-6,10H,1H2,2H3. The number of ether oxygens (including phenoxy) is 2. The summed E-state index contributed by atoms with van der Waals surface area (Å²) in [4.78, 5) is 0. The molecular formula is C18H20O4. The Bertz CT molecular complexity index is 648. The molecule has 0 unspecified atom stereocenters. The molecule has 0 radical (unpaired) electrons. The van der Waals surface area contributed by atoms with Crippen LogP contribution in [-0.4, -0.2) is 24.4 Å². The van der Waals surface area contributed by atoms with Gasteiger partial charge in [0, 0.05) is 0 Å². The van der Waals surface area contributed by atoms with Crippen LogP contribution in [0.2, 0.25) is 0 Å². The molecule has 0 saturated heterocycles. The molecule has 0 fully saturated rings. The van der Waals surface area contributed by atoms with E-state index in [9.17, 15) is 10.2 Å². The Kier molecular flexibility index (Phi) is 6.57. The van der Waals surface area contributed by atoms with Gasteiger partial charge >= 0.3 is 0 Å². The molecule has 116 valence electrons. The predicted molar refractivity (Wildman–Crippen MR) is 89.5 cm³/mol. The summed E-state index contributed by atoms with van der Waals surface area (Å²) in [5.74, 6) is 1.25. The molecule has 0 heterocycles. The van der Waals surface area contributed by atoms with E-state index in [0.29, 0.717) is 11.5 Å². The Labute approximate surface area is 130 Å². The molecule has 22 heavy (non-hydrogen) atoms. The molecule has 0 atom stereocenters. The van der Waals surface area contributed by atoms with E-state index in [1.165, 1.54) is 14.2 Å². The summed E-state index contributed by atoms with van der Waals surface area (Å²) in [6.07, 6.45) is 3.36. The van der Waals surface area contributed by atoms with Crippen LogP contribution in [0, 0.1) is 0 Å². The number of hydrogen-bond donors (Lipinski definition) is 2. The van der Waals surface area contributed by atoms with Gasteiger partial charge in [-0.1, -0.05) is 37.4 Å². The van der Waals surface area contributed by atoms with Crippen LogP contribution in [0.15, 0.2) is 49.6 Å². The lowest BCUT2D eigenvalue weighted by Gasteiger charge is -2.02. The lowest BCUT2D eigenvalue weighted by molar-refractivity contribution is 0.373. The number of methoxy groups -OCH3 is 2.